The van der Waals surface area contributed by atoms with Crippen LogP contribution < -0.4 is 9.50 Å². The van der Waals surface area contributed by atoms with E-state index in [2.05, 4.69) is 39.2 Å². The van der Waals surface area contributed by atoms with E-state index in [-0.39, 0.29) is 40.9 Å². The number of amides is 1. The smallest absolute Gasteiger partial charge is 0.306 e. The second-order valence-corrected chi connectivity index (χ2v) is 15.9. The number of nitrogens with zero attached hydrogens (tertiary/aromatic N) is 1. The average molecular weight is 622 g/mol. The molecule has 0 spiro atoms. The van der Waals surface area contributed by atoms with Crippen LogP contribution in [0.1, 0.15) is 54.6 Å². The van der Waals surface area contributed by atoms with Gasteiger partial charge in [0.2, 0.25) is 0 Å². The van der Waals surface area contributed by atoms with E-state index in [1.165, 1.54) is 6.07 Å². The largest absolute Gasteiger partial charge is 0.417 e. The van der Waals surface area contributed by atoms with E-state index in [0.717, 1.165) is 11.8 Å². The summed E-state index contributed by atoms with van der Waals surface area (Å²) in [5.74, 6) is -1.07. The second-order valence-electron chi connectivity index (χ2n) is 11.1. The molecule has 3 aromatic carbocycles. The highest BCUT2D eigenvalue weighted by atomic mass is 35.5. The molecule has 0 saturated carbocycles. The van der Waals surface area contributed by atoms with Crippen LogP contribution in [0.15, 0.2) is 48.5 Å². The fraction of sp³-hybridized carbons (Fsp3) is 0.379. The molecule has 0 heterocycles. The van der Waals surface area contributed by atoms with Crippen molar-refractivity contribution in [1.82, 2.24) is 5.32 Å². The van der Waals surface area contributed by atoms with Gasteiger partial charge in [-0.1, -0.05) is 74.3 Å². The van der Waals surface area contributed by atoms with Gasteiger partial charge in [-0.3, -0.25) is 4.79 Å². The molecule has 7 nitrogen and oxygen atoms in total. The maximum absolute atomic E-state index is 13.8. The molecule has 0 aliphatic heterocycles. The van der Waals surface area contributed by atoms with E-state index >= 15 is 0 Å². The third-order valence-corrected chi connectivity index (χ3v) is 8.49. The van der Waals surface area contributed by atoms with Gasteiger partial charge in [-0.25, -0.2) is 0 Å². The molecular formula is C29H34Cl2N2O5SSi. The van der Waals surface area contributed by atoms with E-state index in [4.69, 9.17) is 31.8 Å². The highest BCUT2D eigenvalue weighted by Crippen LogP contribution is 2.36. The van der Waals surface area contributed by atoms with E-state index in [0.29, 0.717) is 27.2 Å². The number of benzene rings is 3. The SMILES string of the molecule is C[SiH](C)OC(C[C@H](CNC(=O)c1c(OS(C)(=O)=O)c(C#N)cc2ccccc12)c1ccc(Cl)c(Cl)c1)C(C)(C)C. The third kappa shape index (κ3) is 8.21. The highest BCUT2D eigenvalue weighted by Gasteiger charge is 2.31. The Labute approximate surface area is 248 Å². The summed E-state index contributed by atoms with van der Waals surface area (Å²) in [6, 6.07) is 15.8. The standard InChI is InChI=1S/C29H34Cl2N2O5SSi/c1-29(2,3)25(38-40(5)6)15-21(18-11-12-23(30)24(31)14-18)17-33-28(34)26-22-10-8-7-9-19(22)13-20(16-32)27(26)37-39(4,35)36/h7-14,21,25,40H,15,17H2,1-6H3,(H,33,34)/t21-,25?/m1/s1. The van der Waals surface area contributed by atoms with Crippen molar-refractivity contribution < 1.29 is 21.8 Å². The number of hydrogen-bond acceptors (Lipinski definition) is 6. The van der Waals surface area contributed by atoms with Crippen LogP contribution in [-0.2, 0) is 14.5 Å². The maximum Gasteiger partial charge on any atom is 0.306 e. The van der Waals surface area contributed by atoms with Crippen LogP contribution in [0.5, 0.6) is 5.75 Å². The molecule has 0 aromatic heterocycles. The number of carbonyl (C=O) groups is 1. The predicted molar refractivity (Wildman–Crippen MR) is 163 cm³/mol. The molecule has 0 aliphatic carbocycles. The van der Waals surface area contributed by atoms with Gasteiger partial charge in [-0.15, -0.1) is 0 Å². The van der Waals surface area contributed by atoms with Crippen molar-refractivity contribution in [2.45, 2.75) is 52.3 Å². The van der Waals surface area contributed by atoms with Gasteiger partial charge in [0, 0.05) is 12.5 Å². The van der Waals surface area contributed by atoms with E-state index in [1.54, 1.807) is 36.4 Å². The van der Waals surface area contributed by atoms with Crippen molar-refractivity contribution in [2.24, 2.45) is 5.41 Å². The Morgan fingerprint density at radius 3 is 2.35 bits per heavy atom. The van der Waals surface area contributed by atoms with Crippen molar-refractivity contribution in [3.8, 4) is 11.8 Å². The van der Waals surface area contributed by atoms with Crippen molar-refractivity contribution in [1.29, 1.82) is 5.26 Å². The quantitative estimate of drug-likeness (QED) is 0.200. The highest BCUT2D eigenvalue weighted by molar-refractivity contribution is 7.86. The topological polar surface area (TPSA) is 105 Å². The number of rotatable bonds is 10. The summed E-state index contributed by atoms with van der Waals surface area (Å²) in [5, 5.41) is 14.6. The number of hydrogen-bond donors (Lipinski definition) is 1. The minimum atomic E-state index is -4.03. The zero-order chi connectivity index (χ0) is 29.8. The lowest BCUT2D eigenvalue weighted by Gasteiger charge is -2.35. The molecule has 1 N–H and O–H groups in total. The van der Waals surface area contributed by atoms with Gasteiger partial charge in [0.15, 0.2) is 14.8 Å². The van der Waals surface area contributed by atoms with Crippen LogP contribution in [0.4, 0.5) is 0 Å². The summed E-state index contributed by atoms with van der Waals surface area (Å²) >= 11 is 12.5. The number of nitrogens with one attached hydrogen (secondary N) is 1. The Kier molecular flexibility index (Phi) is 10.3. The van der Waals surface area contributed by atoms with Crippen LogP contribution >= 0.6 is 23.2 Å². The van der Waals surface area contributed by atoms with Crippen LogP contribution in [0.25, 0.3) is 10.8 Å². The van der Waals surface area contributed by atoms with Gasteiger partial charge >= 0.3 is 10.1 Å². The third-order valence-electron chi connectivity index (χ3n) is 6.41. The molecule has 214 valence electrons. The first-order valence-electron chi connectivity index (χ1n) is 12.8. The fourth-order valence-electron chi connectivity index (χ4n) is 4.48. The van der Waals surface area contributed by atoms with Gasteiger partial charge in [-0.2, -0.15) is 13.7 Å². The van der Waals surface area contributed by atoms with Gasteiger partial charge in [0.25, 0.3) is 5.91 Å². The molecule has 0 radical (unpaired) electrons. The molecule has 0 bridgehead atoms. The number of halogens is 2. The first kappa shape index (κ1) is 31.9. The first-order valence-corrected chi connectivity index (χ1v) is 18.2. The minimum absolute atomic E-state index is 0.0221. The van der Waals surface area contributed by atoms with Crippen LogP contribution in [0, 0.1) is 16.7 Å². The van der Waals surface area contributed by atoms with Crippen LogP contribution in [0.2, 0.25) is 23.1 Å². The molecule has 0 saturated heterocycles. The van der Waals surface area contributed by atoms with Crippen molar-refractivity contribution in [3.05, 3.63) is 75.3 Å². The molecule has 1 unspecified atom stereocenters. The van der Waals surface area contributed by atoms with E-state index in [1.807, 2.05) is 12.1 Å². The predicted octanol–water partition coefficient (Wildman–Crippen LogP) is 6.68. The summed E-state index contributed by atoms with van der Waals surface area (Å²) in [4.78, 5) is 13.8. The molecule has 3 aromatic rings. The lowest BCUT2D eigenvalue weighted by molar-refractivity contribution is 0.0705. The Hall–Kier alpha value is -2.61. The Bertz CT molecular complexity index is 1550. The summed E-state index contributed by atoms with van der Waals surface area (Å²) in [7, 11) is -5.42. The van der Waals surface area contributed by atoms with Gasteiger partial charge < -0.3 is 13.9 Å². The molecule has 0 aliphatic rings. The molecule has 3 rings (SSSR count). The molecule has 1 amide bonds. The van der Waals surface area contributed by atoms with Gasteiger partial charge in [-0.05, 0) is 59.5 Å². The van der Waals surface area contributed by atoms with Gasteiger partial charge in [0.05, 0.1) is 33.5 Å². The average Bonchev–Trinajstić information content (AvgIpc) is 2.85. The molecule has 11 heteroatoms. The summed E-state index contributed by atoms with van der Waals surface area (Å²) in [6.45, 7) is 10.8. The summed E-state index contributed by atoms with van der Waals surface area (Å²) in [6.07, 6.45) is 1.37. The van der Waals surface area contributed by atoms with Crippen molar-refractivity contribution >= 4 is 59.0 Å². The minimum Gasteiger partial charge on any atom is -0.417 e. The maximum atomic E-state index is 13.8. The Morgan fingerprint density at radius 1 is 1.10 bits per heavy atom. The number of carbonyl (C=O) groups excluding carboxylic acids is 1. The molecule has 2 atom stereocenters. The van der Waals surface area contributed by atoms with Crippen molar-refractivity contribution in [2.75, 3.05) is 12.8 Å². The first-order chi connectivity index (χ1) is 18.6. The Balaban J connectivity index is 2.06. The van der Waals surface area contributed by atoms with Gasteiger partial charge in [0.1, 0.15) is 6.07 Å². The zero-order valence-electron chi connectivity index (χ0n) is 23.4. The molecule has 40 heavy (non-hydrogen) atoms. The van der Waals surface area contributed by atoms with E-state index in [9.17, 15) is 18.5 Å². The monoisotopic (exact) mass is 620 g/mol. The summed E-state index contributed by atoms with van der Waals surface area (Å²) < 4.78 is 35.8. The number of nitriles is 1. The lowest BCUT2D eigenvalue weighted by Crippen LogP contribution is -2.37. The van der Waals surface area contributed by atoms with Crippen LogP contribution in [-0.4, -0.2) is 42.3 Å². The van der Waals surface area contributed by atoms with Crippen LogP contribution in [0.3, 0.4) is 0 Å². The zero-order valence-corrected chi connectivity index (χ0v) is 26.9. The lowest BCUT2D eigenvalue weighted by atomic mass is 9.81. The molecular weight excluding hydrogens is 587 g/mol. The Morgan fingerprint density at radius 2 is 1.77 bits per heavy atom. The van der Waals surface area contributed by atoms with Crippen molar-refractivity contribution in [3.63, 3.8) is 0 Å². The summed E-state index contributed by atoms with van der Waals surface area (Å²) in [5.41, 5.74) is 0.634. The second kappa shape index (κ2) is 12.9. The normalized spacial score (nSPS) is 13.6. The van der Waals surface area contributed by atoms with E-state index < -0.39 is 25.1 Å². The molecule has 0 fully saturated rings. The fourth-order valence-corrected chi connectivity index (χ4v) is 6.44. The number of fused-ring (bicyclic) bond motifs is 1.